The molecule has 18 rings (SSSR count). The number of esters is 1. The molecule has 17 bridgehead atoms. The van der Waals surface area contributed by atoms with E-state index in [1.807, 2.05) is 0 Å². The second-order valence-electron chi connectivity index (χ2n) is 34.7. The maximum atomic E-state index is 17.3. The molecule has 0 saturated carbocycles. The molecule has 141 heavy (non-hydrogen) atoms. The average Bonchev–Trinajstić information content (AvgIpc) is 0.750. The van der Waals surface area contributed by atoms with Crippen molar-refractivity contribution in [2.45, 2.75) is 215 Å². The van der Waals surface area contributed by atoms with Crippen LogP contribution in [0.2, 0.25) is 5.02 Å². The normalized spacial score (nSPS) is 34.4. The van der Waals surface area contributed by atoms with Crippen LogP contribution in [0.25, 0.3) is 11.1 Å². The predicted octanol–water partition coefficient (Wildman–Crippen LogP) is -7.24. The largest absolute Gasteiger partial charge is 0.508 e. The molecular weight excluding hydrogens is 1900 g/mol. The summed E-state index contributed by atoms with van der Waals surface area (Å²) in [7, 11) is 0.839. The Morgan fingerprint density at radius 2 is 0.908 bits per heavy atom. The maximum absolute atomic E-state index is 17.3. The van der Waals surface area contributed by atoms with E-state index < -0.39 is 390 Å². The maximum Gasteiger partial charge on any atom is 0.333 e. The van der Waals surface area contributed by atoms with Crippen LogP contribution in [0.5, 0.6) is 69.0 Å². The first kappa shape index (κ1) is 102. The zero-order chi connectivity index (χ0) is 101. The first-order valence-corrected chi connectivity index (χ1v) is 44.3. The Morgan fingerprint density at radius 1 is 0.418 bits per heavy atom. The smallest absolute Gasteiger partial charge is 0.333 e. The highest BCUT2D eigenvalue weighted by Crippen LogP contribution is 2.52. The molecule has 0 radical (unpaired) electrons. The van der Waals surface area contributed by atoms with Gasteiger partial charge >= 0.3 is 5.97 Å². The number of carbonyl (C=O) groups is 7. The third-order valence-corrected chi connectivity index (χ3v) is 25.8. The van der Waals surface area contributed by atoms with Crippen molar-refractivity contribution < 1.29 is 207 Å². The van der Waals surface area contributed by atoms with Gasteiger partial charge in [0.05, 0.1) is 51.2 Å². The fourth-order valence-corrected chi connectivity index (χ4v) is 17.8. The van der Waals surface area contributed by atoms with E-state index in [0.29, 0.717) is 0 Å². The minimum atomic E-state index is -2.64. The van der Waals surface area contributed by atoms with Crippen molar-refractivity contribution in [2.75, 3.05) is 40.1 Å². The first-order chi connectivity index (χ1) is 67.2. The molecule has 51 heteroatoms. The van der Waals surface area contributed by atoms with Gasteiger partial charge < -0.3 is 217 Å². The highest BCUT2D eigenvalue weighted by molar-refractivity contribution is 6.32. The van der Waals surface area contributed by atoms with Crippen molar-refractivity contribution in [2.24, 2.45) is 11.5 Å². The van der Waals surface area contributed by atoms with Crippen molar-refractivity contribution in [3.05, 3.63) is 165 Å². The molecule has 11 aliphatic rings. The SMILES string of the molecule is COC(=O)C1NC(=O)[C@H]2NC(=O)[C@H](NC(=O)[C@@H]3NC(=O)C4NC(=O)[C@@H](Cc5ccc(c(Cl)c5)Oc5cc3cc(c5O[C@@H]3O[C@H](CO)[C@@H](O)[C@H](O)[C@H]3O[C@@H]3O[C@@H](CO)[C@H](O)[C@@H](O)[C@H]3O)Oc3ccc(cc3)[C@H]2O[C@@H]2O[C@H](CO)[C@@H](O)[C@H](O)[C@H]2N)NC(=O)[C@@H](N)c2ccc(O)c(c2)Oc2cc4cc(O[C@H]3O[C@H](CO)[C@@H](O)[C@H](O)[C@@H]3O)c2C)c2ccc(O)c(c2)-c2c(O[C@H]3O[C@H](CO)[C@@H](O)[C@H](O)[C@@H]3O)cc(O)cc21. The van der Waals surface area contributed by atoms with Crippen molar-refractivity contribution >= 4 is 53.0 Å². The number of amides is 6. The van der Waals surface area contributed by atoms with E-state index in [2.05, 4.69) is 31.9 Å². The fourth-order valence-electron chi connectivity index (χ4n) is 17.6. The summed E-state index contributed by atoms with van der Waals surface area (Å²) in [4.78, 5) is 113. The standard InChI is InChI=1S/C90H101ClN8O42/c1-28-44-17-33(18-45(28)132-87-73(118)69(114)64(109)51(24-101)135-87)59-82(124)97-60-34-19-48(77(140-90-78(72(117)67(112)54(27-104)138-90)141-89-75(120)71(116)66(111)53(26-103)137-89)49(20-34)130-43-12-3-29(13-39(43)91)14-40(79(121)95-59)94-80(122)56(92)31-6-11-42(107)46(16-31)131-44)129-36-8-4-30(5-9-36)76(139-86-57(93)68(113)63(108)50(23-100)134-86)62-84(126)98-61(85(127)128-2)38-21-35(105)22-47(133-88-74(119)70(115)65(110)52(25-102)136-88)55(38)37-15-32(7-10-41(37)106)58(81(123)99-62)96-83(60)125/h3-13,15-22,40,50-54,56-76,78,86-90,100-120H,14,23-27,92-93H2,1-2H3,(H,94,122)(H,95,121)(H,96,125)(H,97,124)(H,98,126)(H,99,123)/t40-,50-,51-,52-,53+,54-,56+,57-,58-,59?,60-,61?,62+,63-,64-,65-,66+,67-,68-,69+,70+,71-,72+,73+,74+,75-,76-,78-,86+,87+,88+,89+,90+/m1/s1. The molecule has 0 aliphatic carbocycles. The summed E-state index contributed by atoms with van der Waals surface area (Å²) in [6.45, 7) is -3.96. The lowest BCUT2D eigenvalue weighted by molar-refractivity contribution is -0.358. The zero-order valence-electron chi connectivity index (χ0n) is 73.8. The van der Waals surface area contributed by atoms with Gasteiger partial charge in [-0.3, -0.25) is 28.8 Å². The molecule has 7 aromatic rings. The third kappa shape index (κ3) is 20.3. The monoisotopic (exact) mass is 2000 g/mol. The first-order valence-electron chi connectivity index (χ1n) is 43.9. The van der Waals surface area contributed by atoms with Crippen LogP contribution in [0, 0.1) is 6.92 Å². The number of nitrogens with two attached hydrogens (primary N) is 2. The second-order valence-corrected chi connectivity index (χ2v) is 35.1. The molecule has 6 amide bonds. The van der Waals surface area contributed by atoms with Gasteiger partial charge in [-0.25, -0.2) is 4.79 Å². The molecule has 5 fully saturated rings. The third-order valence-electron chi connectivity index (χ3n) is 25.5. The van der Waals surface area contributed by atoms with Crippen LogP contribution < -0.4 is 71.8 Å². The Kier molecular flexibility index (Phi) is 30.5. The van der Waals surface area contributed by atoms with Gasteiger partial charge in [0.1, 0.15) is 192 Å². The number of aliphatic hydroxyl groups excluding tert-OH is 18. The predicted molar refractivity (Wildman–Crippen MR) is 464 cm³/mol. The lowest BCUT2D eigenvalue weighted by Crippen LogP contribution is -2.65. The minimum absolute atomic E-state index is 0.0625. The summed E-state index contributed by atoms with van der Waals surface area (Å²) in [5, 5.41) is 251. The van der Waals surface area contributed by atoms with E-state index in [-0.39, 0.29) is 22.3 Å². The van der Waals surface area contributed by atoms with E-state index >= 15 is 24.0 Å². The lowest BCUT2D eigenvalue weighted by atomic mass is 9.89. The molecule has 760 valence electrons. The molecular formula is C90H101ClN8O42. The van der Waals surface area contributed by atoms with Crippen molar-refractivity contribution in [3.8, 4) is 80.1 Å². The number of phenols is 3. The van der Waals surface area contributed by atoms with Crippen molar-refractivity contribution in [3.63, 3.8) is 0 Å². The highest BCUT2D eigenvalue weighted by Gasteiger charge is 2.55. The molecule has 11 aliphatic heterocycles. The number of phenolic OH excluding ortho intramolecular Hbond substituents is 3. The molecule has 2 unspecified atom stereocenters. The summed E-state index contributed by atoms with van der Waals surface area (Å²) in [5.74, 6) is -17.9. The zero-order valence-corrected chi connectivity index (χ0v) is 74.5. The topological polar surface area (TPSA) is 798 Å². The molecule has 11 heterocycles. The van der Waals surface area contributed by atoms with Gasteiger partial charge in [0.2, 0.25) is 60.1 Å². The Bertz CT molecular complexity index is 5830. The molecule has 50 nitrogen and oxygen atoms in total. The molecule has 0 aromatic heterocycles. The van der Waals surface area contributed by atoms with E-state index in [1.165, 1.54) is 31.2 Å². The number of methoxy groups -OCH3 is 1. The van der Waals surface area contributed by atoms with Crippen LogP contribution in [0.4, 0.5) is 0 Å². The Labute approximate surface area is 800 Å². The number of carbonyl (C=O) groups excluding carboxylic acids is 7. The van der Waals surface area contributed by atoms with Crippen LogP contribution in [0.1, 0.15) is 80.8 Å². The van der Waals surface area contributed by atoms with Crippen LogP contribution in [0.15, 0.2) is 115 Å². The summed E-state index contributed by atoms with van der Waals surface area (Å²) < 4.78 is 86.8. The number of rotatable bonds is 16. The summed E-state index contributed by atoms with van der Waals surface area (Å²) in [6, 6.07) is 2.18. The Hall–Kier alpha value is -11.8. The van der Waals surface area contributed by atoms with Gasteiger partial charge in [-0.2, -0.15) is 0 Å². The van der Waals surface area contributed by atoms with Gasteiger partial charge in [-0.15, -0.1) is 0 Å². The number of fused-ring (bicyclic) bond motifs is 14. The van der Waals surface area contributed by atoms with Gasteiger partial charge in [-0.05, 0) is 119 Å². The number of benzene rings is 7. The van der Waals surface area contributed by atoms with Crippen LogP contribution in [-0.4, -0.2) is 354 Å². The van der Waals surface area contributed by atoms with Gasteiger partial charge in [-0.1, -0.05) is 41.9 Å². The van der Waals surface area contributed by atoms with E-state index in [4.69, 9.17) is 89.4 Å². The highest BCUT2D eigenvalue weighted by atomic mass is 35.5. The second kappa shape index (κ2) is 42.0. The Morgan fingerprint density at radius 3 is 1.50 bits per heavy atom. The molecule has 0 spiro atoms. The van der Waals surface area contributed by atoms with Gasteiger partial charge in [0.15, 0.2) is 47.7 Å². The lowest BCUT2D eigenvalue weighted by Gasteiger charge is -2.45. The van der Waals surface area contributed by atoms with Gasteiger partial charge in [0.25, 0.3) is 0 Å². The molecule has 33 atom stereocenters. The number of hydrogen-bond acceptors (Lipinski definition) is 44. The number of halogens is 1. The molecule has 7 aromatic carbocycles. The number of aliphatic hydroxyl groups is 18. The van der Waals surface area contributed by atoms with Crippen LogP contribution in [-0.2, 0) is 77.9 Å². The average molecular weight is 2000 g/mol. The van der Waals surface area contributed by atoms with E-state index in [1.54, 1.807) is 0 Å². The number of nitrogens with one attached hydrogen (secondary N) is 6. The number of hydrogen-bond donors (Lipinski definition) is 29. The fraction of sp³-hybridized carbons (Fsp3) is 0.456. The van der Waals surface area contributed by atoms with Crippen LogP contribution in [0.3, 0.4) is 0 Å². The van der Waals surface area contributed by atoms with E-state index in [9.17, 15) is 117 Å². The van der Waals surface area contributed by atoms with Crippen molar-refractivity contribution in [1.82, 2.24) is 31.9 Å². The van der Waals surface area contributed by atoms with E-state index in [0.717, 1.165) is 98.1 Å². The van der Waals surface area contributed by atoms with Crippen molar-refractivity contribution in [1.29, 1.82) is 0 Å². The summed E-state index contributed by atoms with van der Waals surface area (Å²) in [6.07, 6.45) is -52.5. The quantitative estimate of drug-likeness (QED) is 0.0400. The number of aromatic hydroxyl groups is 3. The molecule has 5 saturated heterocycles. The summed E-state index contributed by atoms with van der Waals surface area (Å²) in [5.41, 5.74) is 9.26. The van der Waals surface area contributed by atoms with Crippen LogP contribution >= 0.6 is 11.6 Å². The molecule has 31 N–H and O–H groups in total. The van der Waals surface area contributed by atoms with Gasteiger partial charge in [0, 0.05) is 34.7 Å². The summed E-state index contributed by atoms with van der Waals surface area (Å²) >= 11 is 7.30. The minimum Gasteiger partial charge on any atom is -0.508 e. The number of ether oxygens (including phenoxy) is 14. The Balaban J connectivity index is 0.964.